The van der Waals surface area contributed by atoms with Gasteiger partial charge in [-0.3, -0.25) is 9.59 Å². The first kappa shape index (κ1) is 14.7. The Bertz CT molecular complexity index is 330. The van der Waals surface area contributed by atoms with E-state index in [4.69, 9.17) is 4.74 Å². The Morgan fingerprint density at radius 1 is 1.50 bits per heavy atom. The largest absolute Gasteiger partial charge is 0.379 e. The van der Waals surface area contributed by atoms with Crippen molar-refractivity contribution in [3.8, 4) is 0 Å². The van der Waals surface area contributed by atoms with E-state index in [1.54, 1.807) is 17.9 Å². The van der Waals surface area contributed by atoms with Crippen molar-refractivity contribution in [1.29, 1.82) is 0 Å². The lowest BCUT2D eigenvalue weighted by molar-refractivity contribution is -0.150. The van der Waals surface area contributed by atoms with Crippen LogP contribution in [0, 0.1) is 0 Å². The van der Waals surface area contributed by atoms with E-state index in [0.29, 0.717) is 26.2 Å². The molecule has 1 fully saturated rings. The van der Waals surface area contributed by atoms with Gasteiger partial charge in [-0.15, -0.1) is 6.58 Å². The summed E-state index contributed by atoms with van der Waals surface area (Å²) < 4.78 is 5.37. The second-order valence-corrected chi connectivity index (χ2v) is 4.65. The topological polar surface area (TPSA) is 58.6 Å². The number of nitrogens with zero attached hydrogens (tertiary/aromatic N) is 1. The van der Waals surface area contributed by atoms with Crippen LogP contribution in [0.3, 0.4) is 0 Å². The number of carbonyl (C=O) groups excluding carboxylic acids is 2. The number of hydrogen-bond donors (Lipinski definition) is 1. The number of ether oxygens (including phenoxy) is 1. The number of carbonyl (C=O) groups is 2. The second-order valence-electron chi connectivity index (χ2n) is 4.65. The van der Waals surface area contributed by atoms with Crippen molar-refractivity contribution in [2.75, 3.05) is 26.3 Å². The van der Waals surface area contributed by atoms with Crippen molar-refractivity contribution in [2.24, 2.45) is 0 Å². The molecular weight excluding hydrogens is 232 g/mol. The molecule has 0 aliphatic carbocycles. The molecule has 0 saturated carbocycles. The van der Waals surface area contributed by atoms with E-state index < -0.39 is 5.54 Å². The summed E-state index contributed by atoms with van der Waals surface area (Å²) in [4.78, 5) is 25.3. The van der Waals surface area contributed by atoms with Gasteiger partial charge in [0.1, 0.15) is 5.54 Å². The lowest BCUT2D eigenvalue weighted by Gasteiger charge is -2.39. The molecule has 5 nitrogen and oxygen atoms in total. The third kappa shape index (κ3) is 3.57. The van der Waals surface area contributed by atoms with Gasteiger partial charge < -0.3 is 15.0 Å². The van der Waals surface area contributed by atoms with E-state index in [2.05, 4.69) is 11.9 Å². The molecule has 0 radical (unpaired) electrons. The zero-order valence-electron chi connectivity index (χ0n) is 11.2. The Morgan fingerprint density at radius 2 is 2.22 bits per heavy atom. The minimum Gasteiger partial charge on any atom is -0.379 e. The minimum absolute atomic E-state index is 0.0306. The van der Waals surface area contributed by atoms with Crippen LogP contribution in [0.4, 0.5) is 0 Å². The van der Waals surface area contributed by atoms with Crippen LogP contribution in [-0.4, -0.2) is 48.6 Å². The predicted octanol–water partition coefficient (Wildman–Crippen LogP) is 0.706. The fourth-order valence-corrected chi connectivity index (χ4v) is 1.86. The van der Waals surface area contributed by atoms with Crippen LogP contribution in [0.5, 0.6) is 0 Å². The molecule has 0 spiro atoms. The van der Waals surface area contributed by atoms with Crippen molar-refractivity contribution in [3.05, 3.63) is 12.7 Å². The fraction of sp³-hybridized carbons (Fsp3) is 0.692. The maximum Gasteiger partial charge on any atom is 0.248 e. The second kappa shape index (κ2) is 6.54. The summed E-state index contributed by atoms with van der Waals surface area (Å²) in [7, 11) is 0. The van der Waals surface area contributed by atoms with Crippen molar-refractivity contribution >= 4 is 11.8 Å². The van der Waals surface area contributed by atoms with Gasteiger partial charge in [-0.2, -0.15) is 0 Å². The highest BCUT2D eigenvalue weighted by atomic mass is 16.5. The molecule has 0 aromatic carbocycles. The Labute approximate surface area is 108 Å². The highest BCUT2D eigenvalue weighted by Crippen LogP contribution is 2.17. The maximum absolute atomic E-state index is 12.2. The van der Waals surface area contributed by atoms with Crippen LogP contribution in [0.2, 0.25) is 0 Å². The molecule has 5 heteroatoms. The van der Waals surface area contributed by atoms with Crippen molar-refractivity contribution in [1.82, 2.24) is 10.2 Å². The molecule has 1 unspecified atom stereocenters. The number of piperazine rings is 1. The summed E-state index contributed by atoms with van der Waals surface area (Å²) in [6.45, 7) is 8.89. The molecule has 1 aliphatic heterocycles. The molecule has 1 saturated heterocycles. The Morgan fingerprint density at radius 3 is 2.83 bits per heavy atom. The summed E-state index contributed by atoms with van der Waals surface area (Å²) in [5.74, 6) is -0.137. The number of rotatable bonds is 7. The normalized spacial score (nSPS) is 24.0. The first-order chi connectivity index (χ1) is 8.53. The van der Waals surface area contributed by atoms with Gasteiger partial charge in [-0.05, 0) is 19.8 Å². The van der Waals surface area contributed by atoms with Crippen LogP contribution < -0.4 is 5.32 Å². The zero-order chi connectivity index (χ0) is 13.6. The standard InChI is InChI=1S/C13H22N2O3/c1-4-6-8-18-9-7-15-10-11(16)14-13(3,5-2)12(15)17/h4H,1,5-10H2,2-3H3,(H,14,16). The molecule has 0 bridgehead atoms. The lowest BCUT2D eigenvalue weighted by Crippen LogP contribution is -2.65. The molecule has 1 atom stereocenters. The molecule has 102 valence electrons. The van der Waals surface area contributed by atoms with Crippen LogP contribution in [0.15, 0.2) is 12.7 Å². The van der Waals surface area contributed by atoms with Gasteiger partial charge >= 0.3 is 0 Å². The molecule has 1 aliphatic rings. The molecule has 0 aromatic rings. The van der Waals surface area contributed by atoms with Gasteiger partial charge in [0.2, 0.25) is 11.8 Å². The van der Waals surface area contributed by atoms with Crippen LogP contribution in [0.1, 0.15) is 26.7 Å². The van der Waals surface area contributed by atoms with E-state index in [1.165, 1.54) is 0 Å². The summed E-state index contributed by atoms with van der Waals surface area (Å²) in [6.07, 6.45) is 3.17. The Hall–Kier alpha value is -1.36. The van der Waals surface area contributed by atoms with Gasteiger partial charge in [0.15, 0.2) is 0 Å². The average Bonchev–Trinajstić information content (AvgIpc) is 2.34. The van der Waals surface area contributed by atoms with Crippen molar-refractivity contribution < 1.29 is 14.3 Å². The van der Waals surface area contributed by atoms with Crippen LogP contribution in [-0.2, 0) is 14.3 Å². The molecule has 18 heavy (non-hydrogen) atoms. The highest BCUT2D eigenvalue weighted by molar-refractivity contribution is 5.97. The van der Waals surface area contributed by atoms with Gasteiger partial charge in [-0.1, -0.05) is 13.0 Å². The average molecular weight is 254 g/mol. The molecule has 2 amide bonds. The quantitative estimate of drug-likeness (QED) is 0.537. The SMILES string of the molecule is C=CCCOCCN1CC(=O)NC(C)(CC)C1=O. The predicted molar refractivity (Wildman–Crippen MR) is 69.1 cm³/mol. The lowest BCUT2D eigenvalue weighted by atomic mass is 9.94. The summed E-state index contributed by atoms with van der Waals surface area (Å²) >= 11 is 0. The van der Waals surface area contributed by atoms with Crippen molar-refractivity contribution in [3.63, 3.8) is 0 Å². The zero-order valence-corrected chi connectivity index (χ0v) is 11.2. The summed E-state index contributed by atoms with van der Waals surface area (Å²) in [5, 5.41) is 2.75. The van der Waals surface area contributed by atoms with E-state index in [-0.39, 0.29) is 18.4 Å². The van der Waals surface area contributed by atoms with Crippen LogP contribution >= 0.6 is 0 Å². The molecule has 1 N–H and O–H groups in total. The Balaban J connectivity index is 2.46. The third-order valence-corrected chi connectivity index (χ3v) is 3.19. The number of nitrogens with one attached hydrogen (secondary N) is 1. The van der Waals surface area contributed by atoms with Crippen LogP contribution in [0.25, 0.3) is 0 Å². The Kier molecular flexibility index (Phi) is 5.34. The monoisotopic (exact) mass is 254 g/mol. The summed E-state index contributed by atoms with van der Waals surface area (Å²) in [6, 6.07) is 0. The van der Waals surface area contributed by atoms with E-state index in [9.17, 15) is 9.59 Å². The van der Waals surface area contributed by atoms with Gasteiger partial charge in [0, 0.05) is 6.54 Å². The third-order valence-electron chi connectivity index (χ3n) is 3.19. The minimum atomic E-state index is -0.767. The smallest absolute Gasteiger partial charge is 0.248 e. The highest BCUT2D eigenvalue weighted by Gasteiger charge is 2.41. The number of amides is 2. The molecule has 1 heterocycles. The number of hydrogen-bond acceptors (Lipinski definition) is 3. The van der Waals surface area contributed by atoms with E-state index in [1.807, 2.05) is 6.92 Å². The summed E-state index contributed by atoms with van der Waals surface area (Å²) in [5.41, 5.74) is -0.767. The van der Waals surface area contributed by atoms with E-state index in [0.717, 1.165) is 6.42 Å². The molecular formula is C13H22N2O3. The maximum atomic E-state index is 12.2. The van der Waals surface area contributed by atoms with Gasteiger partial charge in [-0.25, -0.2) is 0 Å². The fourth-order valence-electron chi connectivity index (χ4n) is 1.86. The van der Waals surface area contributed by atoms with Gasteiger partial charge in [0.05, 0.1) is 19.8 Å². The molecule has 1 rings (SSSR count). The molecule has 0 aromatic heterocycles. The first-order valence-corrected chi connectivity index (χ1v) is 6.32. The first-order valence-electron chi connectivity index (χ1n) is 6.32. The van der Waals surface area contributed by atoms with E-state index >= 15 is 0 Å². The van der Waals surface area contributed by atoms with Gasteiger partial charge in [0.25, 0.3) is 0 Å². The van der Waals surface area contributed by atoms with Crippen molar-refractivity contribution in [2.45, 2.75) is 32.2 Å².